The van der Waals surface area contributed by atoms with E-state index in [1.165, 1.54) is 0 Å². The molecule has 0 saturated heterocycles. The van der Waals surface area contributed by atoms with Crippen molar-refractivity contribution in [3.8, 4) is 5.69 Å². The van der Waals surface area contributed by atoms with E-state index in [0.29, 0.717) is 11.0 Å². The van der Waals surface area contributed by atoms with Gasteiger partial charge in [-0.25, -0.2) is 4.98 Å². The fourth-order valence-electron chi connectivity index (χ4n) is 2.25. The second-order valence-corrected chi connectivity index (χ2v) is 5.23. The summed E-state index contributed by atoms with van der Waals surface area (Å²) in [7, 11) is 3.96. The first-order valence-electron chi connectivity index (χ1n) is 6.28. The first-order chi connectivity index (χ1) is 9.58. The van der Waals surface area contributed by atoms with E-state index in [1.807, 2.05) is 66.0 Å². The number of nitrogens with two attached hydrogens (primary N) is 1. The van der Waals surface area contributed by atoms with Crippen molar-refractivity contribution in [1.82, 2.24) is 9.55 Å². The summed E-state index contributed by atoms with van der Waals surface area (Å²) >= 11 is 6.41. The number of fused-ring (bicyclic) bond motifs is 1. The number of hydrogen-bond donors (Lipinski definition) is 1. The lowest BCUT2D eigenvalue weighted by molar-refractivity contribution is 1.09. The smallest absolute Gasteiger partial charge is 0.205 e. The molecule has 0 aliphatic carbocycles. The van der Waals surface area contributed by atoms with Crippen molar-refractivity contribution >= 4 is 34.3 Å². The van der Waals surface area contributed by atoms with Crippen LogP contribution in [0.1, 0.15) is 0 Å². The number of rotatable bonds is 2. The lowest BCUT2D eigenvalue weighted by Crippen LogP contribution is -2.09. The quantitative estimate of drug-likeness (QED) is 0.786. The van der Waals surface area contributed by atoms with Gasteiger partial charge in [0.25, 0.3) is 0 Å². The first kappa shape index (κ1) is 12.8. The van der Waals surface area contributed by atoms with Crippen LogP contribution < -0.4 is 10.6 Å². The highest BCUT2D eigenvalue weighted by atomic mass is 35.5. The fraction of sp³-hybridized carbons (Fsp3) is 0.133. The van der Waals surface area contributed by atoms with E-state index in [4.69, 9.17) is 17.3 Å². The van der Waals surface area contributed by atoms with Crippen LogP contribution in [0.4, 0.5) is 11.6 Å². The van der Waals surface area contributed by atoms with Crippen molar-refractivity contribution in [1.29, 1.82) is 0 Å². The maximum Gasteiger partial charge on any atom is 0.205 e. The summed E-state index contributed by atoms with van der Waals surface area (Å²) < 4.78 is 1.87. The molecule has 0 unspecified atom stereocenters. The molecule has 0 fully saturated rings. The minimum atomic E-state index is 0.436. The summed E-state index contributed by atoms with van der Waals surface area (Å²) in [6.07, 6.45) is 0. The molecule has 0 saturated carbocycles. The maximum atomic E-state index is 6.41. The van der Waals surface area contributed by atoms with Crippen molar-refractivity contribution in [3.63, 3.8) is 0 Å². The first-order valence-corrected chi connectivity index (χ1v) is 6.66. The summed E-state index contributed by atoms with van der Waals surface area (Å²) in [4.78, 5) is 6.36. The Bertz CT molecular complexity index is 777. The molecule has 0 bridgehead atoms. The van der Waals surface area contributed by atoms with Gasteiger partial charge in [0.15, 0.2) is 0 Å². The van der Waals surface area contributed by atoms with Crippen molar-refractivity contribution in [3.05, 3.63) is 47.5 Å². The Balaban J connectivity index is 2.23. The Kier molecular flexibility index (Phi) is 3.03. The standard InChI is InChI=1S/C15H15ClN4/c1-19(2)10-7-8-13(11(16)9-10)20-14-6-4-3-5-12(14)18-15(20)17/h3-9H,1-2H3,(H2,17,18). The van der Waals surface area contributed by atoms with Crippen molar-refractivity contribution < 1.29 is 0 Å². The van der Waals surface area contributed by atoms with E-state index < -0.39 is 0 Å². The number of halogens is 1. The summed E-state index contributed by atoms with van der Waals surface area (Å²) in [6, 6.07) is 13.7. The highest BCUT2D eigenvalue weighted by Gasteiger charge is 2.12. The zero-order chi connectivity index (χ0) is 14.3. The van der Waals surface area contributed by atoms with Crippen LogP contribution >= 0.6 is 11.6 Å². The van der Waals surface area contributed by atoms with Gasteiger partial charge in [-0.1, -0.05) is 23.7 Å². The van der Waals surface area contributed by atoms with Crippen LogP contribution in [-0.2, 0) is 0 Å². The molecule has 1 aromatic heterocycles. The summed E-state index contributed by atoms with van der Waals surface area (Å²) in [5.74, 6) is 0.436. The van der Waals surface area contributed by atoms with Crippen LogP contribution in [0, 0.1) is 0 Å². The number of aromatic nitrogens is 2. The number of anilines is 2. The van der Waals surface area contributed by atoms with E-state index >= 15 is 0 Å². The third kappa shape index (κ3) is 1.98. The Morgan fingerprint density at radius 1 is 1.15 bits per heavy atom. The Morgan fingerprint density at radius 3 is 2.60 bits per heavy atom. The largest absolute Gasteiger partial charge is 0.378 e. The third-order valence-corrected chi connectivity index (χ3v) is 3.58. The van der Waals surface area contributed by atoms with E-state index in [9.17, 15) is 0 Å². The summed E-state index contributed by atoms with van der Waals surface area (Å²) in [5.41, 5.74) is 9.72. The van der Waals surface area contributed by atoms with E-state index in [2.05, 4.69) is 4.98 Å². The van der Waals surface area contributed by atoms with Gasteiger partial charge in [0, 0.05) is 19.8 Å². The zero-order valence-electron chi connectivity index (χ0n) is 11.3. The number of imidazole rings is 1. The van der Waals surface area contributed by atoms with Crippen molar-refractivity contribution in [2.24, 2.45) is 0 Å². The average molecular weight is 287 g/mol. The van der Waals surface area contributed by atoms with Gasteiger partial charge < -0.3 is 10.6 Å². The van der Waals surface area contributed by atoms with Crippen LogP contribution in [0.3, 0.4) is 0 Å². The number of para-hydroxylation sites is 2. The van der Waals surface area contributed by atoms with Gasteiger partial charge in [0.2, 0.25) is 5.95 Å². The summed E-state index contributed by atoms with van der Waals surface area (Å²) in [6.45, 7) is 0. The maximum absolute atomic E-state index is 6.41. The number of benzene rings is 2. The lowest BCUT2D eigenvalue weighted by Gasteiger charge is -2.15. The van der Waals surface area contributed by atoms with E-state index in [1.54, 1.807) is 0 Å². The molecule has 0 amide bonds. The molecule has 1 heterocycles. The predicted molar refractivity (Wildman–Crippen MR) is 84.8 cm³/mol. The highest BCUT2D eigenvalue weighted by Crippen LogP contribution is 2.30. The number of hydrogen-bond acceptors (Lipinski definition) is 3. The predicted octanol–water partition coefficient (Wildman–Crippen LogP) is 3.33. The lowest BCUT2D eigenvalue weighted by atomic mass is 10.2. The van der Waals surface area contributed by atoms with Crippen molar-refractivity contribution in [2.45, 2.75) is 0 Å². The molecule has 0 atom stereocenters. The van der Waals surface area contributed by atoms with E-state index in [-0.39, 0.29) is 0 Å². The van der Waals surface area contributed by atoms with Gasteiger partial charge in [-0.2, -0.15) is 0 Å². The van der Waals surface area contributed by atoms with Gasteiger partial charge in [-0.3, -0.25) is 4.57 Å². The minimum absolute atomic E-state index is 0.436. The monoisotopic (exact) mass is 286 g/mol. The van der Waals surface area contributed by atoms with Crippen LogP contribution in [0.5, 0.6) is 0 Å². The third-order valence-electron chi connectivity index (χ3n) is 3.28. The molecule has 3 rings (SSSR count). The molecule has 0 aliphatic heterocycles. The van der Waals surface area contributed by atoms with Crippen LogP contribution in [0.25, 0.3) is 16.7 Å². The molecular formula is C15H15ClN4. The number of nitrogen functional groups attached to an aromatic ring is 1. The van der Waals surface area contributed by atoms with E-state index in [0.717, 1.165) is 22.4 Å². The molecule has 2 aromatic carbocycles. The SMILES string of the molecule is CN(C)c1ccc(-n2c(N)nc3ccccc32)c(Cl)c1. The zero-order valence-corrected chi connectivity index (χ0v) is 12.1. The fourth-order valence-corrected chi connectivity index (χ4v) is 2.51. The molecule has 20 heavy (non-hydrogen) atoms. The number of nitrogens with zero attached hydrogens (tertiary/aromatic N) is 3. The molecule has 0 radical (unpaired) electrons. The molecule has 2 N–H and O–H groups in total. The van der Waals surface area contributed by atoms with Crippen LogP contribution in [-0.4, -0.2) is 23.6 Å². The Morgan fingerprint density at radius 2 is 1.90 bits per heavy atom. The summed E-state index contributed by atoms with van der Waals surface area (Å²) in [5, 5.41) is 0.644. The van der Waals surface area contributed by atoms with Gasteiger partial charge in [0.1, 0.15) is 0 Å². The van der Waals surface area contributed by atoms with Gasteiger partial charge in [-0.15, -0.1) is 0 Å². The molecule has 0 spiro atoms. The molecule has 0 aliphatic rings. The molecule has 4 nitrogen and oxygen atoms in total. The second-order valence-electron chi connectivity index (χ2n) is 4.82. The Labute approximate surface area is 122 Å². The average Bonchev–Trinajstić information content (AvgIpc) is 2.74. The topological polar surface area (TPSA) is 47.1 Å². The van der Waals surface area contributed by atoms with Gasteiger partial charge >= 0.3 is 0 Å². The van der Waals surface area contributed by atoms with Gasteiger partial charge in [0.05, 0.1) is 21.7 Å². The van der Waals surface area contributed by atoms with Crippen LogP contribution in [0.2, 0.25) is 5.02 Å². The van der Waals surface area contributed by atoms with Gasteiger partial charge in [-0.05, 0) is 30.3 Å². The Hall–Kier alpha value is -2.20. The molecule has 5 heteroatoms. The van der Waals surface area contributed by atoms with Crippen LogP contribution in [0.15, 0.2) is 42.5 Å². The molecule has 102 valence electrons. The second kappa shape index (κ2) is 4.72. The normalized spacial score (nSPS) is 10.9. The van der Waals surface area contributed by atoms with Crippen molar-refractivity contribution in [2.75, 3.05) is 24.7 Å². The highest BCUT2D eigenvalue weighted by molar-refractivity contribution is 6.32. The molecule has 3 aromatic rings. The molecular weight excluding hydrogens is 272 g/mol. The minimum Gasteiger partial charge on any atom is -0.378 e.